The molecule has 2 saturated heterocycles. The summed E-state index contributed by atoms with van der Waals surface area (Å²) in [6.45, 7) is 7.74. The zero-order valence-electron chi connectivity index (χ0n) is 17.5. The molecule has 2 aromatic rings. The summed E-state index contributed by atoms with van der Waals surface area (Å²) in [7, 11) is 1.77. The summed E-state index contributed by atoms with van der Waals surface area (Å²) in [5.74, 6) is -0.0523. The Morgan fingerprint density at radius 3 is 2.38 bits per heavy atom. The van der Waals surface area contributed by atoms with Crippen molar-refractivity contribution in [3.05, 3.63) is 53.3 Å². The van der Waals surface area contributed by atoms with Crippen LogP contribution in [0.2, 0.25) is 0 Å². The van der Waals surface area contributed by atoms with E-state index in [1.165, 1.54) is 10.5 Å². The van der Waals surface area contributed by atoms with Crippen LogP contribution in [-0.2, 0) is 24.4 Å². The number of amides is 3. The molecular weight excluding hydrogens is 366 g/mol. The van der Waals surface area contributed by atoms with Crippen LogP contribution in [0.15, 0.2) is 36.5 Å². The Kier molecular flexibility index (Phi) is 5.17. The minimum absolute atomic E-state index is 0.0523. The molecule has 0 unspecified atom stereocenters. The Bertz CT molecular complexity index is 899. The molecule has 7 heteroatoms. The highest BCUT2D eigenvalue weighted by molar-refractivity contribution is 6.06. The van der Waals surface area contributed by atoms with E-state index in [1.54, 1.807) is 11.9 Å². The third kappa shape index (κ3) is 3.44. The number of aryl methyl sites for hydroxylation is 2. The second-order valence-electron chi connectivity index (χ2n) is 8.12. The molecule has 1 aromatic carbocycles. The quantitative estimate of drug-likeness (QED) is 0.730. The van der Waals surface area contributed by atoms with Crippen LogP contribution in [0.25, 0.3) is 0 Å². The molecule has 0 saturated carbocycles. The van der Waals surface area contributed by atoms with Crippen LogP contribution in [0.5, 0.6) is 0 Å². The van der Waals surface area contributed by atoms with E-state index >= 15 is 0 Å². The molecule has 0 aliphatic carbocycles. The van der Waals surface area contributed by atoms with Gasteiger partial charge in [-0.3, -0.25) is 19.3 Å². The van der Waals surface area contributed by atoms with E-state index in [-0.39, 0.29) is 11.9 Å². The molecule has 0 bridgehead atoms. The van der Waals surface area contributed by atoms with Crippen LogP contribution in [0.1, 0.15) is 36.6 Å². The van der Waals surface area contributed by atoms with Crippen molar-refractivity contribution in [2.45, 2.75) is 51.9 Å². The Labute approximate surface area is 171 Å². The first-order chi connectivity index (χ1) is 13.9. The van der Waals surface area contributed by atoms with Gasteiger partial charge in [-0.2, -0.15) is 5.10 Å². The summed E-state index contributed by atoms with van der Waals surface area (Å²) in [4.78, 5) is 31.6. The number of imide groups is 1. The number of urea groups is 1. The molecule has 7 nitrogen and oxygen atoms in total. The Balaban J connectivity index is 1.44. The van der Waals surface area contributed by atoms with Gasteiger partial charge in [-0.25, -0.2) is 4.79 Å². The van der Waals surface area contributed by atoms with Crippen LogP contribution in [0.4, 0.5) is 4.79 Å². The highest BCUT2D eigenvalue weighted by atomic mass is 16.2. The number of carbonyl (C=O) groups excluding carboxylic acids is 2. The van der Waals surface area contributed by atoms with Crippen molar-refractivity contribution in [2.24, 2.45) is 0 Å². The van der Waals surface area contributed by atoms with Crippen molar-refractivity contribution in [3.8, 4) is 0 Å². The average Bonchev–Trinajstić information content (AvgIpc) is 3.17. The number of rotatable bonds is 5. The second-order valence-corrected chi connectivity index (χ2v) is 8.12. The van der Waals surface area contributed by atoms with Gasteiger partial charge in [-0.1, -0.05) is 30.3 Å². The molecule has 2 fully saturated rings. The number of hydrogen-bond donors (Lipinski definition) is 0. The largest absolute Gasteiger partial charge is 0.327 e. The number of hydrogen-bond acceptors (Lipinski definition) is 4. The SMILES string of the molecule is CCn1cc(CN2CCC3(CC2)C(=O)N(Cc2ccccc2)C(=O)N3C)c(C)n1. The zero-order valence-corrected chi connectivity index (χ0v) is 17.5. The van der Waals surface area contributed by atoms with Crippen LogP contribution < -0.4 is 0 Å². The van der Waals surface area contributed by atoms with E-state index in [2.05, 4.69) is 23.1 Å². The van der Waals surface area contributed by atoms with E-state index < -0.39 is 5.54 Å². The molecule has 4 rings (SSSR count). The number of likely N-dealkylation sites (N-methyl/N-ethyl adjacent to an activating group) is 1. The summed E-state index contributed by atoms with van der Waals surface area (Å²) in [5, 5.41) is 4.53. The molecule has 3 amide bonds. The van der Waals surface area contributed by atoms with Crippen molar-refractivity contribution in [1.82, 2.24) is 24.5 Å². The number of piperidine rings is 1. The Hall–Kier alpha value is -2.67. The minimum Gasteiger partial charge on any atom is -0.312 e. The number of nitrogens with zero attached hydrogens (tertiary/aromatic N) is 5. The summed E-state index contributed by atoms with van der Waals surface area (Å²) in [5.41, 5.74) is 2.56. The van der Waals surface area contributed by atoms with Gasteiger partial charge >= 0.3 is 6.03 Å². The molecule has 3 heterocycles. The first-order valence-corrected chi connectivity index (χ1v) is 10.3. The van der Waals surface area contributed by atoms with E-state index in [9.17, 15) is 9.59 Å². The van der Waals surface area contributed by atoms with Gasteiger partial charge in [-0.05, 0) is 32.3 Å². The lowest BCUT2D eigenvalue weighted by Crippen LogP contribution is -2.55. The van der Waals surface area contributed by atoms with E-state index in [0.29, 0.717) is 19.4 Å². The predicted octanol–water partition coefficient (Wildman–Crippen LogP) is 2.64. The highest BCUT2D eigenvalue weighted by Crippen LogP contribution is 2.37. The lowest BCUT2D eigenvalue weighted by molar-refractivity contribution is -0.135. The third-order valence-corrected chi connectivity index (χ3v) is 6.44. The topological polar surface area (TPSA) is 61.7 Å². The van der Waals surface area contributed by atoms with Crippen molar-refractivity contribution >= 4 is 11.9 Å². The van der Waals surface area contributed by atoms with E-state index in [1.807, 2.05) is 41.9 Å². The Morgan fingerprint density at radius 1 is 1.07 bits per heavy atom. The summed E-state index contributed by atoms with van der Waals surface area (Å²) in [6, 6.07) is 9.52. The molecule has 0 N–H and O–H groups in total. The molecule has 1 spiro atoms. The first-order valence-electron chi connectivity index (χ1n) is 10.3. The lowest BCUT2D eigenvalue weighted by atomic mass is 9.86. The van der Waals surface area contributed by atoms with Gasteiger partial charge in [0.15, 0.2) is 0 Å². The predicted molar refractivity (Wildman–Crippen MR) is 110 cm³/mol. The minimum atomic E-state index is -0.703. The van der Waals surface area contributed by atoms with Crippen LogP contribution in [-0.4, -0.2) is 62.1 Å². The fraction of sp³-hybridized carbons (Fsp3) is 0.500. The fourth-order valence-electron chi connectivity index (χ4n) is 4.50. The van der Waals surface area contributed by atoms with Crippen molar-refractivity contribution in [1.29, 1.82) is 0 Å². The summed E-state index contributed by atoms with van der Waals surface area (Å²) in [6.07, 6.45) is 3.44. The highest BCUT2D eigenvalue weighted by Gasteiger charge is 2.56. The zero-order chi connectivity index (χ0) is 20.6. The average molecular weight is 396 g/mol. The second kappa shape index (κ2) is 7.63. The smallest absolute Gasteiger partial charge is 0.312 e. The molecule has 2 aliphatic heterocycles. The number of carbonyl (C=O) groups is 2. The fourth-order valence-corrected chi connectivity index (χ4v) is 4.50. The van der Waals surface area contributed by atoms with Crippen molar-refractivity contribution in [2.75, 3.05) is 20.1 Å². The van der Waals surface area contributed by atoms with Gasteiger partial charge in [0, 0.05) is 45.0 Å². The van der Waals surface area contributed by atoms with Crippen molar-refractivity contribution < 1.29 is 9.59 Å². The molecule has 0 radical (unpaired) electrons. The molecular formula is C22H29N5O2. The first kappa shape index (κ1) is 19.6. The molecule has 0 atom stereocenters. The summed E-state index contributed by atoms with van der Waals surface area (Å²) >= 11 is 0. The molecule has 29 heavy (non-hydrogen) atoms. The molecule has 1 aromatic heterocycles. The van der Waals surface area contributed by atoms with E-state index in [0.717, 1.165) is 37.4 Å². The standard InChI is InChI=1S/C22H29N5O2/c1-4-26-16-19(17(2)23-26)15-25-12-10-22(11-13-25)20(28)27(21(29)24(22)3)14-18-8-6-5-7-9-18/h5-9,16H,4,10-15H2,1-3H3. The third-order valence-electron chi connectivity index (χ3n) is 6.44. The van der Waals surface area contributed by atoms with Gasteiger partial charge in [0.05, 0.1) is 12.2 Å². The maximum absolute atomic E-state index is 13.3. The number of benzene rings is 1. The van der Waals surface area contributed by atoms with Crippen LogP contribution in [0, 0.1) is 6.92 Å². The van der Waals surface area contributed by atoms with E-state index in [4.69, 9.17) is 0 Å². The normalized spacial score (nSPS) is 19.6. The number of aromatic nitrogens is 2. The van der Waals surface area contributed by atoms with Gasteiger partial charge in [-0.15, -0.1) is 0 Å². The monoisotopic (exact) mass is 395 g/mol. The molecule has 2 aliphatic rings. The van der Waals surface area contributed by atoms with Crippen LogP contribution in [0.3, 0.4) is 0 Å². The lowest BCUT2D eigenvalue weighted by Gasteiger charge is -2.40. The van der Waals surface area contributed by atoms with Gasteiger partial charge in [0.1, 0.15) is 5.54 Å². The summed E-state index contributed by atoms with van der Waals surface area (Å²) < 4.78 is 1.96. The van der Waals surface area contributed by atoms with Crippen LogP contribution >= 0.6 is 0 Å². The van der Waals surface area contributed by atoms with Gasteiger partial charge in [0.25, 0.3) is 5.91 Å². The van der Waals surface area contributed by atoms with Crippen molar-refractivity contribution in [3.63, 3.8) is 0 Å². The van der Waals surface area contributed by atoms with Gasteiger partial charge < -0.3 is 4.90 Å². The maximum Gasteiger partial charge on any atom is 0.327 e. The maximum atomic E-state index is 13.3. The van der Waals surface area contributed by atoms with Gasteiger partial charge in [0.2, 0.25) is 0 Å². The number of likely N-dealkylation sites (tertiary alicyclic amines) is 1. The Morgan fingerprint density at radius 2 is 1.76 bits per heavy atom. The molecule has 154 valence electrons.